The van der Waals surface area contributed by atoms with Gasteiger partial charge in [-0.3, -0.25) is 4.79 Å². The summed E-state index contributed by atoms with van der Waals surface area (Å²) in [6, 6.07) is 6.77. The molecule has 1 N–H and O–H groups in total. The highest BCUT2D eigenvalue weighted by molar-refractivity contribution is 9.10. The van der Waals surface area contributed by atoms with Gasteiger partial charge in [-0.25, -0.2) is 4.79 Å². The molecule has 2 aromatic rings. The van der Waals surface area contributed by atoms with Crippen LogP contribution in [0.5, 0.6) is 5.75 Å². The molecule has 1 aromatic carbocycles. The van der Waals surface area contributed by atoms with Gasteiger partial charge in [0.1, 0.15) is 10.8 Å². The van der Waals surface area contributed by atoms with Crippen molar-refractivity contribution >= 4 is 55.7 Å². The minimum absolute atomic E-state index is 0.193. The van der Waals surface area contributed by atoms with Crippen LogP contribution in [0.4, 0.5) is 5.00 Å². The third-order valence-electron chi connectivity index (χ3n) is 3.13. The zero-order valence-electron chi connectivity index (χ0n) is 13.7. The number of rotatable bonds is 7. The molecule has 2 rings (SSSR count). The van der Waals surface area contributed by atoms with Gasteiger partial charge in [-0.1, -0.05) is 18.5 Å². The Kier molecular flexibility index (Phi) is 7.28. The van der Waals surface area contributed by atoms with Gasteiger partial charge < -0.3 is 14.8 Å². The molecule has 0 aliphatic carbocycles. The van der Waals surface area contributed by atoms with Crippen LogP contribution in [-0.4, -0.2) is 25.1 Å². The Labute approximate surface area is 163 Å². The molecule has 0 atom stereocenters. The van der Waals surface area contributed by atoms with E-state index < -0.39 is 5.97 Å². The molecule has 0 unspecified atom stereocenters. The molecule has 0 aliphatic heterocycles. The Bertz CT molecular complexity index is 778. The number of carbonyl (C=O) groups excluding carboxylic acids is 2. The van der Waals surface area contributed by atoms with Gasteiger partial charge in [-0.2, -0.15) is 0 Å². The first-order valence-electron chi connectivity index (χ1n) is 7.62. The summed E-state index contributed by atoms with van der Waals surface area (Å²) in [5, 5.41) is 3.75. The number of anilines is 1. The van der Waals surface area contributed by atoms with Gasteiger partial charge in [0.15, 0.2) is 6.61 Å². The van der Waals surface area contributed by atoms with Crippen LogP contribution in [0, 0.1) is 0 Å². The van der Waals surface area contributed by atoms with Crippen LogP contribution in [0.25, 0.3) is 0 Å². The number of hydrogen-bond acceptors (Lipinski definition) is 5. The van der Waals surface area contributed by atoms with E-state index in [-0.39, 0.29) is 19.1 Å². The van der Waals surface area contributed by atoms with E-state index in [1.165, 1.54) is 11.3 Å². The Morgan fingerprint density at radius 3 is 2.68 bits per heavy atom. The van der Waals surface area contributed by atoms with Crippen LogP contribution < -0.4 is 10.1 Å². The maximum Gasteiger partial charge on any atom is 0.341 e. The van der Waals surface area contributed by atoms with Crippen molar-refractivity contribution in [1.29, 1.82) is 0 Å². The Morgan fingerprint density at radius 1 is 1.28 bits per heavy atom. The summed E-state index contributed by atoms with van der Waals surface area (Å²) in [6.45, 7) is 3.80. The molecule has 0 aliphatic rings. The topological polar surface area (TPSA) is 64.6 Å². The number of esters is 1. The molecule has 0 bridgehead atoms. The average Bonchev–Trinajstić information content (AvgIpc) is 2.97. The molecule has 1 heterocycles. The van der Waals surface area contributed by atoms with Gasteiger partial charge in [-0.05, 0) is 53.5 Å². The standard InChI is InChI=1S/C17H17BrClNO4S/c1-3-11-8-12(17(22)23-4-2)16(25-11)20-15(21)9-24-14-6-5-10(19)7-13(14)18/h5-8H,3-4,9H2,1-2H3,(H,20,21). The third-order valence-corrected chi connectivity index (χ3v) is 5.18. The van der Waals surface area contributed by atoms with Crippen LogP contribution in [-0.2, 0) is 16.0 Å². The first-order chi connectivity index (χ1) is 11.9. The second kappa shape index (κ2) is 9.22. The largest absolute Gasteiger partial charge is 0.483 e. The maximum atomic E-state index is 12.2. The molecule has 8 heteroatoms. The molecule has 0 saturated carbocycles. The van der Waals surface area contributed by atoms with Crippen molar-refractivity contribution in [3.8, 4) is 5.75 Å². The highest BCUT2D eigenvalue weighted by atomic mass is 79.9. The lowest BCUT2D eigenvalue weighted by atomic mass is 10.2. The summed E-state index contributed by atoms with van der Waals surface area (Å²) in [4.78, 5) is 25.2. The highest BCUT2D eigenvalue weighted by Crippen LogP contribution is 2.30. The lowest BCUT2D eigenvalue weighted by Crippen LogP contribution is -2.21. The number of ether oxygens (including phenoxy) is 2. The summed E-state index contributed by atoms with van der Waals surface area (Å²) in [5.41, 5.74) is 0.365. The van der Waals surface area contributed by atoms with Crippen LogP contribution in [0.3, 0.4) is 0 Å². The molecule has 0 fully saturated rings. The Balaban J connectivity index is 2.04. The number of thiophene rings is 1. The monoisotopic (exact) mass is 445 g/mol. The van der Waals surface area contributed by atoms with Crippen molar-refractivity contribution in [1.82, 2.24) is 0 Å². The number of amides is 1. The van der Waals surface area contributed by atoms with E-state index >= 15 is 0 Å². The number of aryl methyl sites for hydroxylation is 1. The van der Waals surface area contributed by atoms with E-state index in [1.807, 2.05) is 6.92 Å². The molecular formula is C17H17BrClNO4S. The van der Waals surface area contributed by atoms with Gasteiger partial charge >= 0.3 is 5.97 Å². The fraction of sp³-hybridized carbons (Fsp3) is 0.294. The van der Waals surface area contributed by atoms with Gasteiger partial charge in [0.05, 0.1) is 16.6 Å². The molecule has 5 nitrogen and oxygen atoms in total. The average molecular weight is 447 g/mol. The molecule has 0 radical (unpaired) electrons. The van der Waals surface area contributed by atoms with Gasteiger partial charge in [0.2, 0.25) is 0 Å². The van der Waals surface area contributed by atoms with E-state index in [1.54, 1.807) is 31.2 Å². The van der Waals surface area contributed by atoms with Crippen LogP contribution in [0.1, 0.15) is 29.1 Å². The number of benzene rings is 1. The summed E-state index contributed by atoms with van der Waals surface area (Å²) >= 11 is 10.5. The SMILES string of the molecule is CCOC(=O)c1cc(CC)sc1NC(=O)COc1ccc(Cl)cc1Br. The third kappa shape index (κ3) is 5.45. The summed E-state index contributed by atoms with van der Waals surface area (Å²) in [5.74, 6) is -0.308. The molecule has 1 amide bonds. The zero-order valence-corrected chi connectivity index (χ0v) is 16.9. The van der Waals surface area contributed by atoms with E-state index in [2.05, 4.69) is 21.2 Å². The van der Waals surface area contributed by atoms with Crippen molar-refractivity contribution in [3.05, 3.63) is 44.2 Å². The number of nitrogens with one attached hydrogen (secondary N) is 1. The van der Waals surface area contributed by atoms with Crippen LogP contribution in [0.15, 0.2) is 28.7 Å². The van der Waals surface area contributed by atoms with Crippen LogP contribution >= 0.6 is 38.9 Å². The highest BCUT2D eigenvalue weighted by Gasteiger charge is 2.19. The second-order valence-corrected chi connectivity index (χ2v) is 7.37. The van der Waals surface area contributed by atoms with Gasteiger partial charge in [-0.15, -0.1) is 11.3 Å². The number of hydrogen-bond donors (Lipinski definition) is 1. The molecule has 0 spiro atoms. The predicted molar refractivity (Wildman–Crippen MR) is 103 cm³/mol. The Hall–Kier alpha value is -1.57. The molecule has 0 saturated heterocycles. The zero-order chi connectivity index (χ0) is 18.4. The van der Waals surface area contributed by atoms with E-state index in [9.17, 15) is 9.59 Å². The quantitative estimate of drug-likeness (QED) is 0.613. The first kappa shape index (κ1) is 19.8. The van der Waals surface area contributed by atoms with Crippen molar-refractivity contribution < 1.29 is 19.1 Å². The van der Waals surface area contributed by atoms with Crippen molar-refractivity contribution in [2.45, 2.75) is 20.3 Å². The van der Waals surface area contributed by atoms with Crippen molar-refractivity contribution in [2.24, 2.45) is 0 Å². The lowest BCUT2D eigenvalue weighted by molar-refractivity contribution is -0.118. The van der Waals surface area contributed by atoms with E-state index in [4.69, 9.17) is 21.1 Å². The summed E-state index contributed by atoms with van der Waals surface area (Å²) < 4.78 is 11.2. The Morgan fingerprint density at radius 2 is 2.04 bits per heavy atom. The lowest BCUT2D eigenvalue weighted by Gasteiger charge is -2.09. The van der Waals surface area contributed by atoms with Crippen molar-refractivity contribution in [3.63, 3.8) is 0 Å². The van der Waals surface area contributed by atoms with E-state index in [0.29, 0.717) is 25.8 Å². The smallest absolute Gasteiger partial charge is 0.341 e. The first-order valence-corrected chi connectivity index (χ1v) is 9.60. The van der Waals surface area contributed by atoms with Gasteiger partial charge in [0.25, 0.3) is 5.91 Å². The van der Waals surface area contributed by atoms with Crippen LogP contribution in [0.2, 0.25) is 5.02 Å². The summed E-state index contributed by atoms with van der Waals surface area (Å²) in [6.07, 6.45) is 0.765. The minimum atomic E-state index is -0.449. The maximum absolute atomic E-state index is 12.2. The molecular weight excluding hydrogens is 430 g/mol. The number of carbonyl (C=O) groups is 2. The fourth-order valence-corrected chi connectivity index (χ4v) is 3.77. The molecule has 25 heavy (non-hydrogen) atoms. The van der Waals surface area contributed by atoms with Gasteiger partial charge in [0, 0.05) is 9.90 Å². The second-order valence-electron chi connectivity index (χ2n) is 4.94. The van der Waals surface area contributed by atoms with Crippen molar-refractivity contribution in [2.75, 3.05) is 18.5 Å². The minimum Gasteiger partial charge on any atom is -0.483 e. The number of halogens is 2. The fourth-order valence-electron chi connectivity index (χ4n) is 1.97. The predicted octanol–water partition coefficient (Wildman–Crippen LogP) is 4.92. The normalized spacial score (nSPS) is 10.4. The molecule has 1 aromatic heterocycles. The summed E-state index contributed by atoms with van der Waals surface area (Å²) in [7, 11) is 0. The molecule has 134 valence electrons. The van der Waals surface area contributed by atoms with E-state index in [0.717, 1.165) is 11.3 Å².